The van der Waals surface area contributed by atoms with Gasteiger partial charge in [0.1, 0.15) is 6.42 Å². The van der Waals surface area contributed by atoms with Gasteiger partial charge in [-0.15, -0.1) is 0 Å². The van der Waals surface area contributed by atoms with Crippen LogP contribution in [0.2, 0.25) is 5.02 Å². The van der Waals surface area contributed by atoms with E-state index in [9.17, 15) is 9.59 Å². The predicted octanol–water partition coefficient (Wildman–Crippen LogP) is 3.18. The van der Waals surface area contributed by atoms with Crippen molar-refractivity contribution in [2.45, 2.75) is 51.5 Å². The molecule has 1 atom stereocenters. The molecule has 0 aliphatic carbocycles. The largest absolute Gasteiger partial charge is 0.355 e. The normalized spacial score (nSPS) is 17.8. The van der Waals surface area contributed by atoms with Crippen LogP contribution in [0, 0.1) is 0 Å². The van der Waals surface area contributed by atoms with Gasteiger partial charge in [-0.25, -0.2) is 0 Å². The molecular formula is C18H25ClN2O2. The third-order valence-electron chi connectivity index (χ3n) is 4.38. The predicted molar refractivity (Wildman–Crippen MR) is 92.4 cm³/mol. The Hall–Kier alpha value is -1.55. The highest BCUT2D eigenvalue weighted by Gasteiger charge is 2.26. The van der Waals surface area contributed by atoms with Crippen LogP contribution in [0.25, 0.3) is 0 Å². The van der Waals surface area contributed by atoms with Crippen LogP contribution in [0.5, 0.6) is 0 Å². The van der Waals surface area contributed by atoms with Gasteiger partial charge in [0, 0.05) is 24.2 Å². The third-order valence-corrected chi connectivity index (χ3v) is 4.63. The molecule has 2 rings (SSSR count). The van der Waals surface area contributed by atoms with Gasteiger partial charge in [0.2, 0.25) is 11.8 Å². The summed E-state index contributed by atoms with van der Waals surface area (Å²) in [5.74, 6) is -0.232. The molecule has 0 bridgehead atoms. The van der Waals surface area contributed by atoms with Crippen molar-refractivity contribution in [2.75, 3.05) is 13.1 Å². The number of halogens is 1. The van der Waals surface area contributed by atoms with Crippen LogP contribution in [0.1, 0.15) is 44.6 Å². The standard InChI is InChI=1S/C18H25ClN2O2/c1-2-16-5-3-4-12-21(16)18(23)13-17(22)20-11-10-14-6-8-15(19)9-7-14/h6-9,16H,2-5,10-13H2,1H3,(H,20,22). The Morgan fingerprint density at radius 2 is 2.00 bits per heavy atom. The van der Waals surface area contributed by atoms with E-state index in [-0.39, 0.29) is 18.2 Å². The van der Waals surface area contributed by atoms with Crippen LogP contribution in [0.4, 0.5) is 0 Å². The molecule has 0 aromatic heterocycles. The summed E-state index contributed by atoms with van der Waals surface area (Å²) in [6.45, 7) is 3.42. The zero-order valence-corrected chi connectivity index (χ0v) is 14.4. The highest BCUT2D eigenvalue weighted by molar-refractivity contribution is 6.30. The van der Waals surface area contributed by atoms with Gasteiger partial charge in [0.15, 0.2) is 0 Å². The molecule has 1 heterocycles. The first-order chi connectivity index (χ1) is 11.1. The van der Waals surface area contributed by atoms with Crippen molar-refractivity contribution in [2.24, 2.45) is 0 Å². The lowest BCUT2D eigenvalue weighted by Crippen LogP contribution is -2.45. The van der Waals surface area contributed by atoms with Crippen molar-refractivity contribution >= 4 is 23.4 Å². The van der Waals surface area contributed by atoms with Gasteiger partial charge in [-0.05, 0) is 49.8 Å². The molecule has 0 spiro atoms. The number of amides is 2. The zero-order valence-electron chi connectivity index (χ0n) is 13.7. The fourth-order valence-corrected chi connectivity index (χ4v) is 3.18. The summed E-state index contributed by atoms with van der Waals surface area (Å²) in [7, 11) is 0. The summed E-state index contributed by atoms with van der Waals surface area (Å²) < 4.78 is 0. The number of benzene rings is 1. The van der Waals surface area contributed by atoms with Crippen LogP contribution in [-0.4, -0.2) is 35.8 Å². The molecule has 5 heteroatoms. The van der Waals surface area contributed by atoms with E-state index in [1.165, 1.54) is 6.42 Å². The molecule has 1 unspecified atom stereocenters. The third kappa shape index (κ3) is 5.54. The maximum absolute atomic E-state index is 12.3. The fourth-order valence-electron chi connectivity index (χ4n) is 3.05. The first kappa shape index (κ1) is 17.8. The number of hydrogen-bond donors (Lipinski definition) is 1. The Balaban J connectivity index is 1.73. The Morgan fingerprint density at radius 3 is 2.70 bits per heavy atom. The topological polar surface area (TPSA) is 49.4 Å². The molecule has 1 aromatic carbocycles. The van der Waals surface area contributed by atoms with Crippen LogP contribution in [0.15, 0.2) is 24.3 Å². The van der Waals surface area contributed by atoms with Crippen molar-refractivity contribution in [3.63, 3.8) is 0 Å². The van der Waals surface area contributed by atoms with Gasteiger partial charge >= 0.3 is 0 Å². The lowest BCUT2D eigenvalue weighted by Gasteiger charge is -2.35. The number of hydrogen-bond acceptors (Lipinski definition) is 2. The van der Waals surface area contributed by atoms with E-state index in [0.29, 0.717) is 17.6 Å². The summed E-state index contributed by atoms with van der Waals surface area (Å²) in [5.41, 5.74) is 1.11. The minimum absolute atomic E-state index is 0.0412. The number of carbonyl (C=O) groups is 2. The van der Waals surface area contributed by atoms with Crippen molar-refractivity contribution in [3.05, 3.63) is 34.9 Å². The number of piperidine rings is 1. The van der Waals surface area contributed by atoms with E-state index in [0.717, 1.165) is 37.8 Å². The highest BCUT2D eigenvalue weighted by Crippen LogP contribution is 2.20. The summed E-state index contributed by atoms with van der Waals surface area (Å²) in [6, 6.07) is 7.86. The second kappa shape index (κ2) is 8.92. The van der Waals surface area contributed by atoms with Crippen molar-refractivity contribution in [3.8, 4) is 0 Å². The number of nitrogens with one attached hydrogen (secondary N) is 1. The van der Waals surface area contributed by atoms with E-state index in [1.807, 2.05) is 29.2 Å². The molecule has 1 N–H and O–H groups in total. The molecule has 1 aliphatic heterocycles. The SMILES string of the molecule is CCC1CCCCN1C(=O)CC(=O)NCCc1ccc(Cl)cc1. The molecule has 1 saturated heterocycles. The Labute approximate surface area is 143 Å². The number of nitrogens with zero attached hydrogens (tertiary/aromatic N) is 1. The van der Waals surface area contributed by atoms with Gasteiger partial charge < -0.3 is 10.2 Å². The first-order valence-corrected chi connectivity index (χ1v) is 8.78. The molecule has 0 saturated carbocycles. The monoisotopic (exact) mass is 336 g/mol. The maximum Gasteiger partial charge on any atom is 0.232 e. The van der Waals surface area contributed by atoms with Crippen molar-refractivity contribution < 1.29 is 9.59 Å². The van der Waals surface area contributed by atoms with Gasteiger partial charge in [-0.3, -0.25) is 9.59 Å². The number of likely N-dealkylation sites (tertiary alicyclic amines) is 1. The highest BCUT2D eigenvalue weighted by atomic mass is 35.5. The molecule has 1 aliphatic rings. The fraction of sp³-hybridized carbons (Fsp3) is 0.556. The quantitative estimate of drug-likeness (QED) is 0.811. The molecule has 0 radical (unpaired) electrons. The van der Waals surface area contributed by atoms with Crippen LogP contribution < -0.4 is 5.32 Å². The molecular weight excluding hydrogens is 312 g/mol. The molecule has 1 fully saturated rings. The van der Waals surface area contributed by atoms with Gasteiger partial charge in [-0.1, -0.05) is 30.7 Å². The molecule has 126 valence electrons. The Bertz CT molecular complexity index is 530. The van der Waals surface area contributed by atoms with Crippen molar-refractivity contribution in [1.29, 1.82) is 0 Å². The molecule has 2 amide bonds. The first-order valence-electron chi connectivity index (χ1n) is 8.40. The van der Waals surface area contributed by atoms with Gasteiger partial charge in [0.25, 0.3) is 0 Å². The van der Waals surface area contributed by atoms with Crippen LogP contribution in [-0.2, 0) is 16.0 Å². The van der Waals surface area contributed by atoms with E-state index in [1.54, 1.807) is 0 Å². The smallest absolute Gasteiger partial charge is 0.232 e. The summed E-state index contributed by atoms with van der Waals surface area (Å²) >= 11 is 5.84. The Kier molecular flexibility index (Phi) is 6.90. The second-order valence-corrected chi connectivity index (χ2v) is 6.48. The lowest BCUT2D eigenvalue weighted by molar-refractivity contribution is -0.139. The van der Waals surface area contributed by atoms with Crippen LogP contribution >= 0.6 is 11.6 Å². The van der Waals surface area contributed by atoms with Gasteiger partial charge in [-0.2, -0.15) is 0 Å². The van der Waals surface area contributed by atoms with Crippen LogP contribution in [0.3, 0.4) is 0 Å². The maximum atomic E-state index is 12.3. The minimum Gasteiger partial charge on any atom is -0.355 e. The van der Waals surface area contributed by atoms with E-state index < -0.39 is 0 Å². The van der Waals surface area contributed by atoms with E-state index in [4.69, 9.17) is 11.6 Å². The number of rotatable bonds is 6. The molecule has 1 aromatic rings. The lowest BCUT2D eigenvalue weighted by atomic mass is 9.99. The van der Waals surface area contributed by atoms with E-state index >= 15 is 0 Å². The van der Waals surface area contributed by atoms with Gasteiger partial charge in [0.05, 0.1) is 0 Å². The summed E-state index contributed by atoms with van der Waals surface area (Å²) in [5, 5.41) is 3.53. The summed E-state index contributed by atoms with van der Waals surface area (Å²) in [4.78, 5) is 26.1. The average Bonchev–Trinajstić information content (AvgIpc) is 2.56. The second-order valence-electron chi connectivity index (χ2n) is 6.05. The zero-order chi connectivity index (χ0) is 16.7. The molecule has 4 nitrogen and oxygen atoms in total. The minimum atomic E-state index is -0.190. The van der Waals surface area contributed by atoms with E-state index in [2.05, 4.69) is 12.2 Å². The number of carbonyl (C=O) groups excluding carboxylic acids is 2. The molecule has 23 heavy (non-hydrogen) atoms. The average molecular weight is 337 g/mol. The van der Waals surface area contributed by atoms with Crippen molar-refractivity contribution in [1.82, 2.24) is 10.2 Å². The summed E-state index contributed by atoms with van der Waals surface area (Å²) in [6.07, 6.45) is 4.93. The Morgan fingerprint density at radius 1 is 1.26 bits per heavy atom.